The van der Waals surface area contributed by atoms with Crippen molar-refractivity contribution in [3.05, 3.63) is 35.9 Å². The van der Waals surface area contributed by atoms with Crippen LogP contribution in [-0.2, 0) is 9.53 Å². The van der Waals surface area contributed by atoms with E-state index in [-0.39, 0.29) is 23.7 Å². The lowest BCUT2D eigenvalue weighted by Crippen LogP contribution is -2.48. The Morgan fingerprint density at radius 1 is 1.28 bits per heavy atom. The second kappa shape index (κ2) is 5.78. The second-order valence-corrected chi connectivity index (χ2v) is 4.53. The van der Waals surface area contributed by atoms with Gasteiger partial charge >= 0.3 is 0 Å². The zero-order valence-corrected chi connectivity index (χ0v) is 10.4. The van der Waals surface area contributed by atoms with Crippen LogP contribution >= 0.6 is 0 Å². The standard InChI is InChI=1S/C14H17NO3/c1-10(16)12-7-8-18-9-13(12)15-14(17)11-5-3-2-4-6-11/h2-6,12-13H,7-9H2,1H3,(H,15,17)/t12?,13-/m1/s1. The molecule has 18 heavy (non-hydrogen) atoms. The molecule has 96 valence electrons. The maximum absolute atomic E-state index is 12.0. The van der Waals surface area contributed by atoms with Crippen LogP contribution in [0.2, 0.25) is 0 Å². The summed E-state index contributed by atoms with van der Waals surface area (Å²) in [4.78, 5) is 23.5. The number of carbonyl (C=O) groups is 2. The summed E-state index contributed by atoms with van der Waals surface area (Å²) in [5.41, 5.74) is 0.602. The predicted molar refractivity (Wildman–Crippen MR) is 67.3 cm³/mol. The quantitative estimate of drug-likeness (QED) is 0.878. The number of amides is 1. The molecule has 2 rings (SSSR count). The first-order chi connectivity index (χ1) is 8.68. The number of hydrogen-bond donors (Lipinski definition) is 1. The Morgan fingerprint density at radius 2 is 2.00 bits per heavy atom. The predicted octanol–water partition coefficient (Wildman–Crippen LogP) is 1.41. The summed E-state index contributed by atoms with van der Waals surface area (Å²) in [5.74, 6) is -0.180. The fourth-order valence-electron chi connectivity index (χ4n) is 2.21. The molecule has 1 aromatic carbocycles. The second-order valence-electron chi connectivity index (χ2n) is 4.53. The number of hydrogen-bond acceptors (Lipinski definition) is 3. The monoisotopic (exact) mass is 247 g/mol. The highest BCUT2D eigenvalue weighted by Gasteiger charge is 2.30. The number of rotatable bonds is 3. The van der Waals surface area contributed by atoms with Gasteiger partial charge in [-0.2, -0.15) is 0 Å². The van der Waals surface area contributed by atoms with E-state index in [2.05, 4.69) is 5.32 Å². The Bertz CT molecular complexity index is 430. The Kier molecular flexibility index (Phi) is 4.10. The van der Waals surface area contributed by atoms with Crippen molar-refractivity contribution in [3.63, 3.8) is 0 Å². The minimum Gasteiger partial charge on any atom is -0.379 e. The van der Waals surface area contributed by atoms with E-state index in [1.165, 1.54) is 0 Å². The molecule has 1 saturated heterocycles. The molecule has 0 aromatic heterocycles. The van der Waals surface area contributed by atoms with E-state index in [4.69, 9.17) is 4.74 Å². The Hall–Kier alpha value is -1.68. The molecule has 0 aliphatic carbocycles. The number of carbonyl (C=O) groups excluding carboxylic acids is 2. The van der Waals surface area contributed by atoms with Crippen molar-refractivity contribution >= 4 is 11.7 Å². The topological polar surface area (TPSA) is 55.4 Å². The van der Waals surface area contributed by atoms with Gasteiger partial charge in [0.05, 0.1) is 12.6 Å². The fourth-order valence-corrected chi connectivity index (χ4v) is 2.21. The molecule has 0 saturated carbocycles. The summed E-state index contributed by atoms with van der Waals surface area (Å²) in [6.07, 6.45) is 0.676. The normalized spacial score (nSPS) is 23.4. The van der Waals surface area contributed by atoms with Gasteiger partial charge in [-0.15, -0.1) is 0 Å². The smallest absolute Gasteiger partial charge is 0.251 e. The number of nitrogens with one attached hydrogen (secondary N) is 1. The lowest BCUT2D eigenvalue weighted by molar-refractivity contribution is -0.124. The first kappa shape index (κ1) is 12.8. The van der Waals surface area contributed by atoms with Crippen molar-refractivity contribution in [2.24, 2.45) is 5.92 Å². The fraction of sp³-hybridized carbons (Fsp3) is 0.429. The highest BCUT2D eigenvalue weighted by atomic mass is 16.5. The molecule has 2 atom stereocenters. The molecular formula is C14H17NO3. The van der Waals surface area contributed by atoms with Gasteiger partial charge in [-0.3, -0.25) is 9.59 Å². The van der Waals surface area contributed by atoms with Crippen LogP contribution in [0.3, 0.4) is 0 Å². The number of benzene rings is 1. The SMILES string of the molecule is CC(=O)C1CCOC[C@H]1NC(=O)c1ccccc1. The highest BCUT2D eigenvalue weighted by Crippen LogP contribution is 2.17. The molecule has 1 aliphatic rings. The summed E-state index contributed by atoms with van der Waals surface area (Å²) in [6, 6.07) is 8.77. The zero-order valence-electron chi connectivity index (χ0n) is 10.4. The van der Waals surface area contributed by atoms with Crippen LogP contribution in [0.25, 0.3) is 0 Å². The third-order valence-corrected chi connectivity index (χ3v) is 3.23. The van der Waals surface area contributed by atoms with Crippen LogP contribution in [-0.4, -0.2) is 30.9 Å². The van der Waals surface area contributed by atoms with Crippen LogP contribution in [0.4, 0.5) is 0 Å². The molecule has 1 aliphatic heterocycles. The first-order valence-electron chi connectivity index (χ1n) is 6.12. The van der Waals surface area contributed by atoms with Gasteiger partial charge in [0.2, 0.25) is 0 Å². The molecule has 0 spiro atoms. The average Bonchev–Trinajstić information content (AvgIpc) is 2.40. The highest BCUT2D eigenvalue weighted by molar-refractivity contribution is 5.94. The van der Waals surface area contributed by atoms with Gasteiger partial charge in [-0.05, 0) is 25.5 Å². The molecule has 4 nitrogen and oxygen atoms in total. The third kappa shape index (κ3) is 2.96. The summed E-state index contributed by atoms with van der Waals surface area (Å²) in [5, 5.41) is 2.88. The number of ketones is 1. The van der Waals surface area contributed by atoms with Gasteiger partial charge < -0.3 is 10.1 Å². The summed E-state index contributed by atoms with van der Waals surface area (Å²) in [6.45, 7) is 2.56. The molecule has 0 bridgehead atoms. The van der Waals surface area contributed by atoms with E-state index in [9.17, 15) is 9.59 Å². The molecular weight excluding hydrogens is 230 g/mol. The minimum atomic E-state index is -0.219. The Balaban J connectivity index is 2.03. The van der Waals surface area contributed by atoms with Gasteiger partial charge in [0.1, 0.15) is 5.78 Å². The molecule has 1 fully saturated rings. The zero-order chi connectivity index (χ0) is 13.0. The van der Waals surface area contributed by atoms with Crippen LogP contribution < -0.4 is 5.32 Å². The molecule has 1 N–H and O–H groups in total. The summed E-state index contributed by atoms with van der Waals surface area (Å²) in [7, 11) is 0. The van der Waals surface area contributed by atoms with E-state index >= 15 is 0 Å². The number of Topliss-reactive ketones (excluding diaryl/α,β-unsaturated/α-hetero) is 1. The molecule has 1 aromatic rings. The largest absolute Gasteiger partial charge is 0.379 e. The van der Waals surface area contributed by atoms with Crippen LogP contribution in [0.15, 0.2) is 30.3 Å². The molecule has 0 radical (unpaired) electrons. The van der Waals surface area contributed by atoms with Crippen LogP contribution in [0.1, 0.15) is 23.7 Å². The van der Waals surface area contributed by atoms with Crippen molar-refractivity contribution in [1.82, 2.24) is 5.32 Å². The molecule has 4 heteroatoms. The average molecular weight is 247 g/mol. The third-order valence-electron chi connectivity index (χ3n) is 3.23. The van der Waals surface area contributed by atoms with Crippen LogP contribution in [0.5, 0.6) is 0 Å². The van der Waals surface area contributed by atoms with E-state index in [0.717, 1.165) is 0 Å². The van der Waals surface area contributed by atoms with Crippen molar-refractivity contribution < 1.29 is 14.3 Å². The molecule has 1 unspecified atom stereocenters. The lowest BCUT2D eigenvalue weighted by Gasteiger charge is -2.30. The van der Waals surface area contributed by atoms with Gasteiger partial charge in [0, 0.05) is 18.1 Å². The number of ether oxygens (including phenoxy) is 1. The van der Waals surface area contributed by atoms with Crippen molar-refractivity contribution in [1.29, 1.82) is 0 Å². The van der Waals surface area contributed by atoms with E-state index in [1.807, 2.05) is 18.2 Å². The van der Waals surface area contributed by atoms with E-state index in [1.54, 1.807) is 19.1 Å². The van der Waals surface area contributed by atoms with Gasteiger partial charge in [-0.1, -0.05) is 18.2 Å². The minimum absolute atomic E-state index is 0.108. The van der Waals surface area contributed by atoms with Gasteiger partial charge in [0.15, 0.2) is 0 Å². The molecule has 1 amide bonds. The Labute approximate surface area is 106 Å². The van der Waals surface area contributed by atoms with E-state index in [0.29, 0.717) is 25.2 Å². The van der Waals surface area contributed by atoms with Crippen molar-refractivity contribution in [3.8, 4) is 0 Å². The van der Waals surface area contributed by atoms with Gasteiger partial charge in [0.25, 0.3) is 5.91 Å². The van der Waals surface area contributed by atoms with Crippen LogP contribution in [0, 0.1) is 5.92 Å². The molecule has 1 heterocycles. The van der Waals surface area contributed by atoms with Gasteiger partial charge in [-0.25, -0.2) is 0 Å². The lowest BCUT2D eigenvalue weighted by atomic mass is 9.91. The maximum Gasteiger partial charge on any atom is 0.251 e. The van der Waals surface area contributed by atoms with E-state index < -0.39 is 0 Å². The summed E-state index contributed by atoms with van der Waals surface area (Å²) >= 11 is 0. The van der Waals surface area contributed by atoms with Crippen molar-refractivity contribution in [2.75, 3.05) is 13.2 Å². The first-order valence-corrected chi connectivity index (χ1v) is 6.12. The maximum atomic E-state index is 12.0. The van der Waals surface area contributed by atoms with Crippen molar-refractivity contribution in [2.45, 2.75) is 19.4 Å². The Morgan fingerprint density at radius 3 is 2.67 bits per heavy atom. The summed E-state index contributed by atoms with van der Waals surface area (Å²) < 4.78 is 5.33.